The van der Waals surface area contributed by atoms with Crippen LogP contribution in [0.4, 0.5) is 15.3 Å². The molecule has 1 aliphatic rings. The summed E-state index contributed by atoms with van der Waals surface area (Å²) in [6, 6.07) is 12.4. The lowest BCUT2D eigenvalue weighted by Crippen LogP contribution is -2.54. The van der Waals surface area contributed by atoms with Gasteiger partial charge in [0.25, 0.3) is 0 Å². The fourth-order valence-corrected chi connectivity index (χ4v) is 3.75. The number of aliphatic imine (C=N–C) groups is 2. The van der Waals surface area contributed by atoms with E-state index in [2.05, 4.69) is 15.3 Å². The van der Waals surface area contributed by atoms with Crippen LogP contribution >= 0.6 is 0 Å². The summed E-state index contributed by atoms with van der Waals surface area (Å²) in [5.74, 6) is 0.0767. The van der Waals surface area contributed by atoms with Crippen LogP contribution in [0.15, 0.2) is 63.4 Å². The Bertz CT molecular complexity index is 1160. The summed E-state index contributed by atoms with van der Waals surface area (Å²) < 4.78 is 34.7. The molecule has 0 aliphatic carbocycles. The molecule has 2 aromatic rings. The minimum atomic E-state index is -4.77. The Balaban J connectivity index is 1.65. The number of hydrogen-bond acceptors (Lipinski definition) is 8. The molecule has 0 aromatic heterocycles. The number of amides is 1. The van der Waals surface area contributed by atoms with Crippen molar-refractivity contribution in [1.29, 1.82) is 0 Å². The monoisotopic (exact) mass is 446 g/mol. The Morgan fingerprint density at radius 1 is 1.16 bits per heavy atom. The number of guanidine groups is 2. The first-order valence-corrected chi connectivity index (χ1v) is 10.8. The van der Waals surface area contributed by atoms with Crippen LogP contribution in [0.2, 0.25) is 0 Å². The third kappa shape index (κ3) is 5.37. The number of nitrogens with zero attached hydrogens (tertiary/aromatic N) is 3. The molecule has 31 heavy (non-hydrogen) atoms. The second-order valence-corrected chi connectivity index (χ2v) is 8.80. The number of anilines is 2. The average molecular weight is 447 g/mol. The molecule has 0 saturated heterocycles. The van der Waals surface area contributed by atoms with E-state index in [1.54, 1.807) is 4.90 Å². The van der Waals surface area contributed by atoms with Crippen LogP contribution in [-0.2, 0) is 21.4 Å². The maximum Gasteiger partial charge on any atom is 0.332 e. The van der Waals surface area contributed by atoms with Gasteiger partial charge in [-0.15, -0.1) is 3.89 Å². The normalized spacial score (nSPS) is 15.8. The van der Waals surface area contributed by atoms with E-state index in [9.17, 15) is 17.1 Å². The van der Waals surface area contributed by atoms with Gasteiger partial charge in [0.05, 0.1) is 4.90 Å². The van der Waals surface area contributed by atoms with Crippen LogP contribution in [-0.4, -0.2) is 31.9 Å². The predicted octanol–water partition coefficient (Wildman–Crippen LogP) is 2.10. The highest BCUT2D eigenvalue weighted by molar-refractivity contribution is 7.86. The van der Waals surface area contributed by atoms with E-state index in [-0.39, 0.29) is 24.2 Å². The zero-order valence-corrected chi connectivity index (χ0v) is 17.9. The molecule has 2 aromatic carbocycles. The van der Waals surface area contributed by atoms with E-state index in [1.807, 2.05) is 38.1 Å². The minimum absolute atomic E-state index is 0.115. The summed E-state index contributed by atoms with van der Waals surface area (Å²) in [5, 5.41) is 2.66. The van der Waals surface area contributed by atoms with Crippen molar-refractivity contribution < 1.29 is 17.1 Å². The first-order valence-electron chi connectivity index (χ1n) is 9.39. The smallest absolute Gasteiger partial charge is 0.332 e. The first-order chi connectivity index (χ1) is 14.5. The SMILES string of the molecule is CC1(C)N=C(N)N=C(N)N1c1cccc(CCC(=O)Nc2ccc(S(=O)(=O)F)cc2)c1. The standard InChI is InChI=1S/C20H23FN6O3S/c1-20(2)26-18(22)25-19(23)27(20)15-5-3-4-13(12-15)6-11-17(28)24-14-7-9-16(10-8-14)31(21,29)30/h3-5,7-10,12H,6,11H2,1-2H3,(H,24,28)(H4,22,23,25,26). The number of nitrogens with two attached hydrogens (primary N) is 2. The van der Waals surface area contributed by atoms with Gasteiger partial charge < -0.3 is 16.8 Å². The number of rotatable bonds is 6. The highest BCUT2D eigenvalue weighted by Crippen LogP contribution is 2.28. The molecule has 0 saturated carbocycles. The second-order valence-electron chi connectivity index (χ2n) is 7.45. The van der Waals surface area contributed by atoms with Gasteiger partial charge in [-0.25, -0.2) is 4.99 Å². The van der Waals surface area contributed by atoms with Gasteiger partial charge in [0.1, 0.15) is 5.66 Å². The van der Waals surface area contributed by atoms with E-state index in [1.165, 1.54) is 12.1 Å². The predicted molar refractivity (Wildman–Crippen MR) is 118 cm³/mol. The van der Waals surface area contributed by atoms with Crippen LogP contribution in [0, 0.1) is 0 Å². The molecule has 1 amide bonds. The van der Waals surface area contributed by atoms with Gasteiger partial charge in [-0.3, -0.25) is 9.69 Å². The second kappa shape index (κ2) is 8.34. The summed E-state index contributed by atoms with van der Waals surface area (Å²) in [4.78, 5) is 21.9. The molecular formula is C20H23FN6O3S. The summed E-state index contributed by atoms with van der Waals surface area (Å²) >= 11 is 0. The third-order valence-electron chi connectivity index (χ3n) is 4.62. The molecule has 3 rings (SSSR count). The molecule has 164 valence electrons. The van der Waals surface area contributed by atoms with E-state index >= 15 is 0 Å². The lowest BCUT2D eigenvalue weighted by molar-refractivity contribution is -0.116. The Hall–Kier alpha value is -3.47. The Labute approximate surface area is 179 Å². The summed E-state index contributed by atoms with van der Waals surface area (Å²) in [7, 11) is -4.77. The molecule has 1 aliphatic heterocycles. The zero-order chi connectivity index (χ0) is 22.8. The van der Waals surface area contributed by atoms with Gasteiger partial charge in [-0.2, -0.15) is 13.4 Å². The van der Waals surface area contributed by atoms with Gasteiger partial charge >= 0.3 is 10.2 Å². The van der Waals surface area contributed by atoms with Crippen molar-refractivity contribution in [2.24, 2.45) is 21.5 Å². The quantitative estimate of drug-likeness (QED) is 0.580. The van der Waals surface area contributed by atoms with Crippen molar-refractivity contribution in [2.45, 2.75) is 37.2 Å². The van der Waals surface area contributed by atoms with E-state index < -0.39 is 20.8 Å². The average Bonchev–Trinajstić information content (AvgIpc) is 2.65. The van der Waals surface area contributed by atoms with Gasteiger partial charge in [-0.05, 0) is 62.2 Å². The van der Waals surface area contributed by atoms with Crippen LogP contribution in [0.3, 0.4) is 0 Å². The number of halogens is 1. The lowest BCUT2D eigenvalue weighted by Gasteiger charge is -2.38. The topological polar surface area (TPSA) is 143 Å². The molecule has 1 heterocycles. The summed E-state index contributed by atoms with van der Waals surface area (Å²) in [5.41, 5.74) is 13.1. The van der Waals surface area contributed by atoms with Gasteiger partial charge in [0, 0.05) is 17.8 Å². The molecule has 0 bridgehead atoms. The minimum Gasteiger partial charge on any atom is -0.369 e. The number of carbonyl (C=O) groups excluding carboxylic acids is 1. The third-order valence-corrected chi connectivity index (χ3v) is 5.46. The Morgan fingerprint density at radius 2 is 1.84 bits per heavy atom. The number of hydrogen-bond donors (Lipinski definition) is 3. The van der Waals surface area contributed by atoms with Crippen molar-refractivity contribution in [1.82, 2.24) is 0 Å². The Kier molecular flexibility index (Phi) is 5.98. The van der Waals surface area contributed by atoms with Crippen LogP contribution in [0.1, 0.15) is 25.8 Å². The summed E-state index contributed by atoms with van der Waals surface area (Å²) in [6.45, 7) is 3.72. The molecule has 0 radical (unpaired) electrons. The molecule has 5 N–H and O–H groups in total. The maximum atomic E-state index is 12.9. The lowest BCUT2D eigenvalue weighted by atomic mass is 10.1. The molecule has 0 spiro atoms. The van der Waals surface area contributed by atoms with Crippen molar-refractivity contribution in [3.05, 3.63) is 54.1 Å². The summed E-state index contributed by atoms with van der Waals surface area (Å²) in [6.07, 6.45) is 0.637. The van der Waals surface area contributed by atoms with Gasteiger partial charge in [0.2, 0.25) is 17.8 Å². The number of aryl methyl sites for hydroxylation is 1. The van der Waals surface area contributed by atoms with Crippen molar-refractivity contribution in [2.75, 3.05) is 10.2 Å². The fourth-order valence-electron chi connectivity index (χ4n) is 3.28. The molecule has 11 heteroatoms. The fraction of sp³-hybridized carbons (Fsp3) is 0.250. The van der Waals surface area contributed by atoms with Crippen LogP contribution in [0.25, 0.3) is 0 Å². The van der Waals surface area contributed by atoms with Crippen LogP contribution in [0.5, 0.6) is 0 Å². The molecule has 0 fully saturated rings. The highest BCUT2D eigenvalue weighted by Gasteiger charge is 2.33. The molecular weight excluding hydrogens is 423 g/mol. The van der Waals surface area contributed by atoms with Crippen molar-refractivity contribution in [3.63, 3.8) is 0 Å². The van der Waals surface area contributed by atoms with E-state index in [0.717, 1.165) is 23.4 Å². The van der Waals surface area contributed by atoms with Crippen molar-refractivity contribution in [3.8, 4) is 0 Å². The first kappa shape index (κ1) is 22.2. The largest absolute Gasteiger partial charge is 0.369 e. The molecule has 0 unspecified atom stereocenters. The van der Waals surface area contributed by atoms with E-state index in [4.69, 9.17) is 11.5 Å². The highest BCUT2D eigenvalue weighted by atomic mass is 32.3. The Morgan fingerprint density at radius 3 is 2.45 bits per heavy atom. The molecule has 9 nitrogen and oxygen atoms in total. The zero-order valence-electron chi connectivity index (χ0n) is 17.0. The maximum absolute atomic E-state index is 12.9. The van der Waals surface area contributed by atoms with Crippen molar-refractivity contribution >= 4 is 39.4 Å². The number of carbonyl (C=O) groups is 1. The number of nitrogens with one attached hydrogen (secondary N) is 1. The number of benzene rings is 2. The molecule has 0 atom stereocenters. The van der Waals surface area contributed by atoms with E-state index in [0.29, 0.717) is 12.1 Å². The van der Waals surface area contributed by atoms with Crippen LogP contribution < -0.4 is 21.7 Å². The van der Waals surface area contributed by atoms with Gasteiger partial charge in [-0.1, -0.05) is 12.1 Å². The van der Waals surface area contributed by atoms with Gasteiger partial charge in [0.15, 0.2) is 0 Å².